The summed E-state index contributed by atoms with van der Waals surface area (Å²) in [6.45, 7) is -0.456. The average Bonchev–Trinajstić information content (AvgIpc) is 3.14. The summed E-state index contributed by atoms with van der Waals surface area (Å²) in [5.74, 6) is -2.16. The van der Waals surface area contributed by atoms with Gasteiger partial charge >= 0.3 is 12.1 Å². The molecule has 2 aromatic rings. The van der Waals surface area contributed by atoms with Crippen molar-refractivity contribution >= 4 is 18.0 Å². The van der Waals surface area contributed by atoms with Gasteiger partial charge in [0.25, 0.3) is 0 Å². The number of benzene rings is 2. The number of ether oxygens (including phenoxy) is 1. The van der Waals surface area contributed by atoms with Crippen molar-refractivity contribution < 1.29 is 29.3 Å². The van der Waals surface area contributed by atoms with E-state index in [1.54, 1.807) is 0 Å². The van der Waals surface area contributed by atoms with Crippen molar-refractivity contribution in [1.29, 1.82) is 0 Å². The minimum Gasteiger partial charge on any atom is -0.480 e. The number of hydrogen-bond acceptors (Lipinski definition) is 5. The molecule has 0 spiro atoms. The Morgan fingerprint density at radius 1 is 1.00 bits per heavy atom. The Labute approximate surface area is 192 Å². The molecule has 4 N–H and O–H groups in total. The Balaban J connectivity index is 1.32. The maximum atomic E-state index is 12.5. The van der Waals surface area contributed by atoms with Crippen LogP contribution < -0.4 is 10.6 Å². The monoisotopic (exact) mass is 452 g/mol. The molecule has 8 nitrogen and oxygen atoms in total. The summed E-state index contributed by atoms with van der Waals surface area (Å²) in [6.07, 6.45) is 1.92. The number of aliphatic hydroxyl groups excluding tert-OH is 1. The molecule has 2 aromatic carbocycles. The number of carbonyl (C=O) groups excluding carboxylic acids is 2. The summed E-state index contributed by atoms with van der Waals surface area (Å²) < 4.78 is 5.59. The number of fused-ring (bicyclic) bond motifs is 3. The molecule has 2 amide bonds. The molecule has 1 unspecified atom stereocenters. The molecule has 0 aromatic heterocycles. The lowest BCUT2D eigenvalue weighted by atomic mass is 9.85. The first-order valence-electron chi connectivity index (χ1n) is 11.2. The summed E-state index contributed by atoms with van der Waals surface area (Å²) in [5.41, 5.74) is 4.59. The summed E-state index contributed by atoms with van der Waals surface area (Å²) in [7, 11) is 0. The van der Waals surface area contributed by atoms with Crippen LogP contribution >= 0.6 is 0 Å². The fourth-order valence-electron chi connectivity index (χ4n) is 4.84. The third kappa shape index (κ3) is 5.01. The molecular formula is C25H28N2O6. The summed E-state index contributed by atoms with van der Waals surface area (Å²) in [4.78, 5) is 36.0. The number of hydrogen-bond donors (Lipinski definition) is 4. The number of alkyl carbamates (subject to hydrolysis) is 1. The molecule has 4 rings (SSSR count). The fourth-order valence-corrected chi connectivity index (χ4v) is 4.84. The summed E-state index contributed by atoms with van der Waals surface area (Å²) in [5, 5.41) is 23.3. The first-order chi connectivity index (χ1) is 16.0. The van der Waals surface area contributed by atoms with E-state index in [4.69, 9.17) is 14.9 Å². The second kappa shape index (κ2) is 10.0. The zero-order chi connectivity index (χ0) is 23.4. The highest BCUT2D eigenvalue weighted by molar-refractivity contribution is 5.85. The van der Waals surface area contributed by atoms with Crippen LogP contribution in [0.15, 0.2) is 48.5 Å². The Morgan fingerprint density at radius 2 is 1.64 bits per heavy atom. The third-order valence-corrected chi connectivity index (χ3v) is 6.51. The molecule has 0 bridgehead atoms. The van der Waals surface area contributed by atoms with Crippen LogP contribution in [0.4, 0.5) is 4.79 Å². The van der Waals surface area contributed by atoms with Crippen LogP contribution in [0.5, 0.6) is 0 Å². The highest BCUT2D eigenvalue weighted by atomic mass is 16.5. The van der Waals surface area contributed by atoms with Gasteiger partial charge in [0, 0.05) is 17.9 Å². The van der Waals surface area contributed by atoms with E-state index in [2.05, 4.69) is 34.9 Å². The van der Waals surface area contributed by atoms with E-state index in [9.17, 15) is 14.4 Å². The number of carboxylic acid groups (broad SMARTS) is 1. The molecule has 33 heavy (non-hydrogen) atoms. The van der Waals surface area contributed by atoms with Crippen LogP contribution in [-0.2, 0) is 14.3 Å². The van der Waals surface area contributed by atoms with Gasteiger partial charge in [0.2, 0.25) is 5.91 Å². The van der Waals surface area contributed by atoms with Crippen LogP contribution in [0.3, 0.4) is 0 Å². The number of aliphatic hydroxyl groups is 1. The molecule has 1 fully saturated rings. The molecule has 2 aliphatic rings. The van der Waals surface area contributed by atoms with Gasteiger partial charge in [-0.1, -0.05) is 55.0 Å². The van der Waals surface area contributed by atoms with Gasteiger partial charge in [-0.25, -0.2) is 9.59 Å². The molecule has 1 saturated carbocycles. The van der Waals surface area contributed by atoms with E-state index < -0.39 is 36.5 Å². The number of carboxylic acids is 1. The zero-order valence-electron chi connectivity index (χ0n) is 18.2. The van der Waals surface area contributed by atoms with Crippen molar-refractivity contribution in [3.63, 3.8) is 0 Å². The predicted octanol–water partition coefficient (Wildman–Crippen LogP) is 2.65. The number of carbonyl (C=O) groups is 3. The summed E-state index contributed by atoms with van der Waals surface area (Å²) in [6, 6.07) is 14.7. The Bertz CT molecular complexity index is 994. The normalized spacial score (nSPS) is 20.3. The summed E-state index contributed by atoms with van der Waals surface area (Å²) >= 11 is 0. The van der Waals surface area contributed by atoms with E-state index in [0.717, 1.165) is 35.1 Å². The van der Waals surface area contributed by atoms with Crippen LogP contribution in [0, 0.1) is 5.92 Å². The van der Waals surface area contributed by atoms with Crippen molar-refractivity contribution in [2.75, 3.05) is 13.2 Å². The van der Waals surface area contributed by atoms with E-state index in [1.165, 1.54) is 0 Å². The highest BCUT2D eigenvalue weighted by Crippen LogP contribution is 2.44. The van der Waals surface area contributed by atoms with Gasteiger partial charge in [0.15, 0.2) is 0 Å². The minimum absolute atomic E-state index is 0.0283. The quantitative estimate of drug-likeness (QED) is 0.512. The van der Waals surface area contributed by atoms with Crippen LogP contribution in [0.25, 0.3) is 11.1 Å². The lowest BCUT2D eigenvalue weighted by molar-refractivity contribution is -0.143. The lowest BCUT2D eigenvalue weighted by Gasteiger charge is -2.29. The minimum atomic E-state index is -1.33. The Morgan fingerprint density at radius 3 is 2.24 bits per heavy atom. The number of nitrogens with one attached hydrogen (secondary N) is 2. The molecular weight excluding hydrogens is 424 g/mol. The van der Waals surface area contributed by atoms with Gasteiger partial charge in [-0.15, -0.1) is 0 Å². The maximum Gasteiger partial charge on any atom is 0.407 e. The van der Waals surface area contributed by atoms with Gasteiger partial charge in [0.05, 0.1) is 6.61 Å². The average molecular weight is 453 g/mol. The third-order valence-electron chi connectivity index (χ3n) is 6.51. The molecule has 0 radical (unpaired) electrons. The number of rotatable bonds is 7. The van der Waals surface area contributed by atoms with Crippen molar-refractivity contribution in [3.8, 4) is 11.1 Å². The highest BCUT2D eigenvalue weighted by Gasteiger charge is 2.32. The first-order valence-corrected chi connectivity index (χ1v) is 11.2. The van der Waals surface area contributed by atoms with Crippen LogP contribution in [0.1, 0.15) is 42.7 Å². The Kier molecular flexibility index (Phi) is 6.93. The predicted molar refractivity (Wildman–Crippen MR) is 121 cm³/mol. The van der Waals surface area contributed by atoms with Crippen LogP contribution in [-0.4, -0.2) is 53.5 Å². The maximum absolute atomic E-state index is 12.5. The van der Waals surface area contributed by atoms with Gasteiger partial charge in [-0.2, -0.15) is 0 Å². The molecule has 3 atom stereocenters. The van der Waals surface area contributed by atoms with Gasteiger partial charge in [0.1, 0.15) is 12.6 Å². The Hall–Kier alpha value is -3.39. The molecule has 0 saturated heterocycles. The van der Waals surface area contributed by atoms with Gasteiger partial charge in [-0.3, -0.25) is 4.79 Å². The van der Waals surface area contributed by atoms with Crippen molar-refractivity contribution in [3.05, 3.63) is 59.7 Å². The van der Waals surface area contributed by atoms with Gasteiger partial charge in [-0.05, 0) is 41.5 Å². The standard InChI is InChI=1S/C25H28N2O6/c28-13-22(24(30)31)27-23(29)15-6-5-7-16(12-15)26-25(32)33-14-21-19-10-3-1-8-17(19)18-9-2-4-11-20(18)21/h1-4,8-11,15-16,21-22,28H,5-7,12-14H2,(H,26,32)(H,27,29)(H,30,31)/t15-,16-,22?/m1/s1. The SMILES string of the molecule is O=C(N[C@@H]1CCC[C@@H](C(=O)NC(CO)C(=O)O)C1)OCC1c2ccccc2-c2ccccc21. The van der Waals surface area contributed by atoms with E-state index in [-0.39, 0.29) is 18.6 Å². The molecule has 0 aliphatic heterocycles. The van der Waals surface area contributed by atoms with E-state index >= 15 is 0 Å². The second-order valence-corrected chi connectivity index (χ2v) is 8.61. The topological polar surface area (TPSA) is 125 Å². The lowest BCUT2D eigenvalue weighted by Crippen LogP contribution is -2.48. The zero-order valence-corrected chi connectivity index (χ0v) is 18.2. The molecule has 174 valence electrons. The molecule has 2 aliphatic carbocycles. The number of amides is 2. The van der Waals surface area contributed by atoms with Crippen LogP contribution in [0.2, 0.25) is 0 Å². The van der Waals surface area contributed by atoms with E-state index in [0.29, 0.717) is 12.8 Å². The number of aliphatic carboxylic acids is 1. The fraction of sp³-hybridized carbons (Fsp3) is 0.400. The van der Waals surface area contributed by atoms with E-state index in [1.807, 2.05) is 24.3 Å². The first kappa shape index (κ1) is 22.8. The largest absolute Gasteiger partial charge is 0.480 e. The van der Waals surface area contributed by atoms with Crippen molar-refractivity contribution in [2.24, 2.45) is 5.92 Å². The smallest absolute Gasteiger partial charge is 0.407 e. The van der Waals surface area contributed by atoms with Crippen molar-refractivity contribution in [1.82, 2.24) is 10.6 Å². The second-order valence-electron chi connectivity index (χ2n) is 8.61. The van der Waals surface area contributed by atoms with Crippen molar-refractivity contribution in [2.45, 2.75) is 43.7 Å². The van der Waals surface area contributed by atoms with Gasteiger partial charge < -0.3 is 25.6 Å². The molecule has 0 heterocycles. The molecule has 8 heteroatoms.